The molecule has 1 aliphatic rings. The van der Waals surface area contributed by atoms with Crippen molar-refractivity contribution in [3.05, 3.63) is 48.4 Å². The second kappa shape index (κ2) is 8.75. The number of piperidine rings is 1. The number of sulfonamides is 1. The summed E-state index contributed by atoms with van der Waals surface area (Å²) in [7, 11) is -0.0362. The number of hydrogen-bond acceptors (Lipinski definition) is 7. The maximum atomic E-state index is 13.0. The predicted molar refractivity (Wildman–Crippen MR) is 108 cm³/mol. The summed E-state index contributed by atoms with van der Waals surface area (Å²) in [6.07, 6.45) is 2.75. The van der Waals surface area contributed by atoms with Crippen LogP contribution in [0, 0.1) is 0 Å². The first kappa shape index (κ1) is 21.0. The van der Waals surface area contributed by atoms with Gasteiger partial charge in [0.1, 0.15) is 0 Å². The Hall–Kier alpha value is -2.72. The molecule has 1 aromatic carbocycles. The number of anilines is 1. The standard InChI is InChI=1S/C19H25N5O4S/c1-4-10-20-17(25)15-6-5-7-16(13-15)29(26,27)24-11-8-14(9-12-24)18-21-19(22-28-18)23(2)3/h4-7,13-14H,1,8-12H2,2-3H3,(H,20,25). The van der Waals surface area contributed by atoms with E-state index in [1.54, 1.807) is 23.1 Å². The molecule has 3 rings (SSSR count). The molecule has 0 bridgehead atoms. The fourth-order valence-corrected chi connectivity index (χ4v) is 4.65. The number of hydrogen-bond donors (Lipinski definition) is 1. The van der Waals surface area contributed by atoms with Crippen molar-refractivity contribution in [2.24, 2.45) is 0 Å². The molecule has 1 fully saturated rings. The Bertz CT molecular complexity index is 978. The molecule has 0 radical (unpaired) electrons. The Morgan fingerprint density at radius 2 is 2.10 bits per heavy atom. The van der Waals surface area contributed by atoms with Gasteiger partial charge >= 0.3 is 0 Å². The smallest absolute Gasteiger partial charge is 0.265 e. The zero-order chi connectivity index (χ0) is 21.0. The van der Waals surface area contributed by atoms with Crippen LogP contribution in [0.3, 0.4) is 0 Å². The molecular formula is C19H25N5O4S. The Labute approximate surface area is 170 Å². The van der Waals surface area contributed by atoms with Crippen molar-refractivity contribution in [3.63, 3.8) is 0 Å². The van der Waals surface area contributed by atoms with Crippen LogP contribution in [0.15, 0.2) is 46.3 Å². The lowest BCUT2D eigenvalue weighted by atomic mass is 9.98. The van der Waals surface area contributed by atoms with Gasteiger partial charge in [0.15, 0.2) is 0 Å². The monoisotopic (exact) mass is 419 g/mol. The second-order valence-electron chi connectivity index (χ2n) is 7.03. The average molecular weight is 420 g/mol. The first-order valence-electron chi connectivity index (χ1n) is 9.33. The normalized spacial score (nSPS) is 15.8. The number of nitrogens with zero attached hydrogens (tertiary/aromatic N) is 4. The molecule has 1 amide bonds. The zero-order valence-electron chi connectivity index (χ0n) is 16.5. The minimum atomic E-state index is -3.69. The zero-order valence-corrected chi connectivity index (χ0v) is 17.4. The minimum Gasteiger partial charge on any atom is -0.349 e. The molecule has 156 valence electrons. The van der Waals surface area contributed by atoms with Crippen LogP contribution in [-0.2, 0) is 10.0 Å². The predicted octanol–water partition coefficient (Wildman–Crippen LogP) is 1.62. The van der Waals surface area contributed by atoms with Gasteiger partial charge in [-0.05, 0) is 36.2 Å². The summed E-state index contributed by atoms with van der Waals surface area (Å²) >= 11 is 0. The van der Waals surface area contributed by atoms with E-state index < -0.39 is 10.0 Å². The number of aromatic nitrogens is 2. The van der Waals surface area contributed by atoms with Crippen LogP contribution in [0.5, 0.6) is 0 Å². The number of nitrogens with one attached hydrogen (secondary N) is 1. The summed E-state index contributed by atoms with van der Waals surface area (Å²) in [4.78, 5) is 18.3. The molecule has 0 aliphatic carbocycles. The summed E-state index contributed by atoms with van der Waals surface area (Å²) in [6, 6.07) is 6.07. The van der Waals surface area contributed by atoms with Gasteiger partial charge in [-0.15, -0.1) is 6.58 Å². The van der Waals surface area contributed by atoms with E-state index in [1.807, 2.05) is 14.1 Å². The lowest BCUT2D eigenvalue weighted by molar-refractivity contribution is 0.0958. The molecular weight excluding hydrogens is 394 g/mol. The summed E-state index contributed by atoms with van der Waals surface area (Å²) in [5.41, 5.74) is 0.296. The summed E-state index contributed by atoms with van der Waals surface area (Å²) in [5, 5.41) is 6.57. The third kappa shape index (κ3) is 4.65. The summed E-state index contributed by atoms with van der Waals surface area (Å²) in [5.74, 6) is 0.723. The molecule has 1 aliphatic heterocycles. The van der Waals surface area contributed by atoms with Crippen molar-refractivity contribution in [2.75, 3.05) is 38.6 Å². The Kier molecular flexibility index (Phi) is 6.33. The van der Waals surface area contributed by atoms with Crippen LogP contribution in [0.25, 0.3) is 0 Å². The maximum Gasteiger partial charge on any atom is 0.265 e. The molecule has 2 aromatic rings. The number of amides is 1. The third-order valence-corrected chi connectivity index (χ3v) is 6.67. The largest absolute Gasteiger partial charge is 0.349 e. The molecule has 0 saturated carbocycles. The fourth-order valence-electron chi connectivity index (χ4n) is 3.13. The number of benzene rings is 1. The quantitative estimate of drug-likeness (QED) is 0.679. The SMILES string of the molecule is C=CCNC(=O)c1cccc(S(=O)(=O)N2CCC(c3nc(N(C)C)no3)CC2)c1. The third-order valence-electron chi connectivity index (χ3n) is 4.78. The van der Waals surface area contributed by atoms with Crippen molar-refractivity contribution < 1.29 is 17.7 Å². The van der Waals surface area contributed by atoms with Gasteiger partial charge in [-0.25, -0.2) is 8.42 Å². The van der Waals surface area contributed by atoms with Gasteiger partial charge < -0.3 is 14.7 Å². The van der Waals surface area contributed by atoms with Gasteiger partial charge in [-0.3, -0.25) is 4.79 Å². The van der Waals surface area contributed by atoms with Crippen molar-refractivity contribution in [1.29, 1.82) is 0 Å². The topological polar surface area (TPSA) is 109 Å². The molecule has 29 heavy (non-hydrogen) atoms. The maximum absolute atomic E-state index is 13.0. The molecule has 0 atom stereocenters. The van der Waals surface area contributed by atoms with Gasteiger partial charge in [0.05, 0.1) is 4.90 Å². The second-order valence-corrected chi connectivity index (χ2v) is 8.97. The highest BCUT2D eigenvalue weighted by Crippen LogP contribution is 2.30. The van der Waals surface area contributed by atoms with Gasteiger partial charge in [0.2, 0.25) is 15.9 Å². The Morgan fingerprint density at radius 1 is 1.38 bits per heavy atom. The lowest BCUT2D eigenvalue weighted by Crippen LogP contribution is -2.38. The molecule has 9 nitrogen and oxygen atoms in total. The highest BCUT2D eigenvalue weighted by Gasteiger charge is 2.32. The highest BCUT2D eigenvalue weighted by molar-refractivity contribution is 7.89. The first-order valence-corrected chi connectivity index (χ1v) is 10.8. The van der Waals surface area contributed by atoms with Gasteiger partial charge in [0, 0.05) is 45.2 Å². The van der Waals surface area contributed by atoms with Crippen LogP contribution < -0.4 is 10.2 Å². The molecule has 0 unspecified atom stereocenters. The summed E-state index contributed by atoms with van der Waals surface area (Å²) in [6.45, 7) is 4.56. The molecule has 2 heterocycles. The molecule has 10 heteroatoms. The van der Waals surface area contributed by atoms with Crippen molar-refractivity contribution >= 4 is 21.9 Å². The van der Waals surface area contributed by atoms with E-state index >= 15 is 0 Å². The molecule has 1 saturated heterocycles. The van der Waals surface area contributed by atoms with Crippen molar-refractivity contribution in [1.82, 2.24) is 19.8 Å². The first-order chi connectivity index (χ1) is 13.8. The van der Waals surface area contributed by atoms with E-state index in [1.165, 1.54) is 16.4 Å². The summed E-state index contributed by atoms with van der Waals surface area (Å²) < 4.78 is 32.8. The van der Waals surface area contributed by atoms with E-state index in [-0.39, 0.29) is 16.7 Å². The van der Waals surface area contributed by atoms with Crippen LogP contribution >= 0.6 is 0 Å². The number of carbonyl (C=O) groups is 1. The molecule has 0 spiro atoms. The van der Waals surface area contributed by atoms with Gasteiger partial charge in [0.25, 0.3) is 11.9 Å². The highest BCUT2D eigenvalue weighted by atomic mass is 32.2. The Balaban J connectivity index is 1.69. The molecule has 1 aromatic heterocycles. The van der Waals surface area contributed by atoms with Crippen molar-refractivity contribution in [3.8, 4) is 0 Å². The fraction of sp³-hybridized carbons (Fsp3) is 0.421. The Morgan fingerprint density at radius 3 is 2.72 bits per heavy atom. The van der Waals surface area contributed by atoms with Crippen molar-refractivity contribution in [2.45, 2.75) is 23.7 Å². The van der Waals surface area contributed by atoms with Crippen LogP contribution in [0.4, 0.5) is 5.95 Å². The lowest BCUT2D eigenvalue weighted by Gasteiger charge is -2.29. The molecule has 1 N–H and O–H groups in total. The van der Waals surface area contributed by atoms with E-state index in [9.17, 15) is 13.2 Å². The van der Waals surface area contributed by atoms with E-state index in [2.05, 4.69) is 22.0 Å². The van der Waals surface area contributed by atoms with E-state index in [4.69, 9.17) is 4.52 Å². The van der Waals surface area contributed by atoms with Crippen LogP contribution in [-0.4, -0.2) is 62.5 Å². The minimum absolute atomic E-state index is 0.0265. The van der Waals surface area contributed by atoms with Crippen LogP contribution in [0.1, 0.15) is 35.0 Å². The van der Waals surface area contributed by atoms with Crippen LogP contribution in [0.2, 0.25) is 0 Å². The van der Waals surface area contributed by atoms with Gasteiger partial charge in [-0.2, -0.15) is 9.29 Å². The van der Waals surface area contributed by atoms with Gasteiger partial charge in [-0.1, -0.05) is 12.1 Å². The average Bonchev–Trinajstić information content (AvgIpc) is 3.23. The number of carbonyl (C=O) groups excluding carboxylic acids is 1. The van der Waals surface area contributed by atoms with E-state index in [0.29, 0.717) is 49.9 Å². The van der Waals surface area contributed by atoms with E-state index in [0.717, 1.165) is 0 Å². The number of rotatable bonds is 7.